The second-order valence-electron chi connectivity index (χ2n) is 4.17. The number of ether oxygens (including phenoxy) is 1. The quantitative estimate of drug-likeness (QED) is 0.699. The van der Waals surface area contributed by atoms with Crippen LogP contribution in [0.25, 0.3) is 17.2 Å². The number of nitrogens with zero attached hydrogens (tertiary/aromatic N) is 1. The van der Waals surface area contributed by atoms with Gasteiger partial charge in [-0.1, -0.05) is 23.4 Å². The lowest BCUT2D eigenvalue weighted by Crippen LogP contribution is -2.20. The Balaban J connectivity index is 2.15. The van der Waals surface area contributed by atoms with Crippen LogP contribution in [-0.2, 0) is 0 Å². The van der Waals surface area contributed by atoms with Crippen LogP contribution in [0.15, 0.2) is 53.9 Å². The van der Waals surface area contributed by atoms with Crippen LogP contribution in [0.5, 0.6) is 11.5 Å². The molecule has 86 valence electrons. The summed E-state index contributed by atoms with van der Waals surface area (Å²) in [4.78, 5) is 5.38. The van der Waals surface area contributed by atoms with E-state index in [1.54, 1.807) is 6.26 Å². The summed E-state index contributed by atoms with van der Waals surface area (Å²) < 4.78 is 5.65. The molecule has 0 saturated heterocycles. The molecule has 0 atom stereocenters. The van der Waals surface area contributed by atoms with Gasteiger partial charge in [0.05, 0.1) is 11.8 Å². The molecule has 2 aromatic rings. The fourth-order valence-corrected chi connectivity index (χ4v) is 2.28. The molecule has 3 nitrogen and oxygen atoms in total. The van der Waals surface area contributed by atoms with Crippen molar-refractivity contribution in [2.75, 3.05) is 0 Å². The standard InChI is InChI=1S/C15H9NO2/c1-2-6-13-11(5-1)14-12(16-18-13)8-7-10-4-3-9-17-15(10)14/h1-9H. The fraction of sp³-hybridized carbons (Fsp3) is 0. The number of hydrogen-bond acceptors (Lipinski definition) is 3. The maximum atomic E-state index is 5.65. The SMILES string of the molecule is C1=COc2c3c(ccc2=C1)=NOc1ccccc1-3. The molecule has 2 aromatic carbocycles. The average molecular weight is 235 g/mol. The van der Waals surface area contributed by atoms with Crippen LogP contribution >= 0.6 is 0 Å². The topological polar surface area (TPSA) is 30.8 Å². The van der Waals surface area contributed by atoms with E-state index in [-0.39, 0.29) is 0 Å². The fourth-order valence-electron chi connectivity index (χ4n) is 2.28. The van der Waals surface area contributed by atoms with Crippen molar-refractivity contribution in [3.8, 4) is 22.6 Å². The van der Waals surface area contributed by atoms with Crippen molar-refractivity contribution in [1.29, 1.82) is 0 Å². The third kappa shape index (κ3) is 1.21. The second kappa shape index (κ2) is 3.47. The van der Waals surface area contributed by atoms with Crippen molar-refractivity contribution in [2.24, 2.45) is 5.16 Å². The average Bonchev–Trinajstić information content (AvgIpc) is 2.46. The summed E-state index contributed by atoms with van der Waals surface area (Å²) in [7, 11) is 0. The molecule has 4 rings (SSSR count). The summed E-state index contributed by atoms with van der Waals surface area (Å²) in [6.45, 7) is 0. The second-order valence-corrected chi connectivity index (χ2v) is 4.17. The molecule has 2 aliphatic rings. The van der Waals surface area contributed by atoms with Gasteiger partial charge in [0.25, 0.3) is 0 Å². The van der Waals surface area contributed by atoms with Gasteiger partial charge >= 0.3 is 0 Å². The minimum Gasteiger partial charge on any atom is -0.464 e. The van der Waals surface area contributed by atoms with Gasteiger partial charge in [0.15, 0.2) is 5.75 Å². The zero-order valence-corrected chi connectivity index (χ0v) is 9.46. The summed E-state index contributed by atoms with van der Waals surface area (Å²) in [6, 6.07) is 11.8. The minimum absolute atomic E-state index is 0.761. The first kappa shape index (κ1) is 9.48. The van der Waals surface area contributed by atoms with Crippen LogP contribution in [0.4, 0.5) is 0 Å². The van der Waals surface area contributed by atoms with Crippen molar-refractivity contribution in [3.63, 3.8) is 0 Å². The third-order valence-corrected chi connectivity index (χ3v) is 3.11. The molecule has 0 aliphatic carbocycles. The molecule has 0 unspecified atom stereocenters. The maximum Gasteiger partial charge on any atom is 0.166 e. The maximum absolute atomic E-state index is 5.65. The van der Waals surface area contributed by atoms with Crippen LogP contribution in [0, 0.1) is 0 Å². The van der Waals surface area contributed by atoms with Crippen molar-refractivity contribution in [2.45, 2.75) is 0 Å². The Morgan fingerprint density at radius 3 is 2.94 bits per heavy atom. The zero-order valence-electron chi connectivity index (χ0n) is 9.46. The van der Waals surface area contributed by atoms with Gasteiger partial charge in [-0.25, -0.2) is 0 Å². The van der Waals surface area contributed by atoms with Gasteiger partial charge in [-0.05, 0) is 30.4 Å². The highest BCUT2D eigenvalue weighted by atomic mass is 16.6. The van der Waals surface area contributed by atoms with E-state index in [0.717, 1.165) is 33.2 Å². The van der Waals surface area contributed by atoms with E-state index < -0.39 is 0 Å². The zero-order chi connectivity index (χ0) is 11.9. The number of fused-ring (bicyclic) bond motifs is 5. The number of rotatable bonds is 0. The van der Waals surface area contributed by atoms with Crippen molar-refractivity contribution in [1.82, 2.24) is 0 Å². The summed E-state index contributed by atoms with van der Waals surface area (Å²) in [5, 5.41) is 5.98. The highest BCUT2D eigenvalue weighted by Crippen LogP contribution is 2.34. The molecular weight excluding hydrogens is 226 g/mol. The van der Waals surface area contributed by atoms with E-state index in [4.69, 9.17) is 9.57 Å². The van der Waals surface area contributed by atoms with E-state index in [1.165, 1.54) is 0 Å². The van der Waals surface area contributed by atoms with Crippen molar-refractivity contribution < 1.29 is 9.57 Å². The molecule has 0 amide bonds. The van der Waals surface area contributed by atoms with Gasteiger partial charge in [-0.15, -0.1) is 0 Å². The predicted molar refractivity (Wildman–Crippen MR) is 67.5 cm³/mol. The summed E-state index contributed by atoms with van der Waals surface area (Å²) in [6.07, 6.45) is 5.59. The lowest BCUT2D eigenvalue weighted by Gasteiger charge is -2.17. The minimum atomic E-state index is 0.761. The Morgan fingerprint density at radius 2 is 1.94 bits per heavy atom. The molecule has 0 aromatic heterocycles. The Morgan fingerprint density at radius 1 is 1.00 bits per heavy atom. The first-order chi connectivity index (χ1) is 8.93. The van der Waals surface area contributed by atoms with Gasteiger partial charge in [0, 0.05) is 10.8 Å². The Labute approximate surface area is 103 Å². The van der Waals surface area contributed by atoms with Gasteiger partial charge in [-0.2, -0.15) is 0 Å². The highest BCUT2D eigenvalue weighted by molar-refractivity contribution is 5.77. The van der Waals surface area contributed by atoms with Crippen LogP contribution < -0.4 is 20.2 Å². The Hall–Kier alpha value is -2.55. The molecule has 18 heavy (non-hydrogen) atoms. The number of allylic oxidation sites excluding steroid dienone is 1. The van der Waals surface area contributed by atoms with E-state index >= 15 is 0 Å². The first-order valence-corrected chi connectivity index (χ1v) is 5.74. The van der Waals surface area contributed by atoms with Crippen LogP contribution in [-0.4, -0.2) is 0 Å². The lowest BCUT2D eigenvalue weighted by molar-refractivity contribution is 0.321. The van der Waals surface area contributed by atoms with Crippen LogP contribution in [0.2, 0.25) is 0 Å². The Kier molecular flexibility index (Phi) is 1.83. The monoisotopic (exact) mass is 235 g/mol. The lowest BCUT2D eigenvalue weighted by atomic mass is 10.0. The molecule has 0 N–H and O–H groups in total. The number of benzene rings is 2. The Bertz CT molecular complexity index is 791. The molecule has 0 spiro atoms. The molecule has 0 bridgehead atoms. The largest absolute Gasteiger partial charge is 0.464 e. The van der Waals surface area contributed by atoms with E-state index in [2.05, 4.69) is 5.16 Å². The molecule has 0 saturated carbocycles. The molecule has 2 heterocycles. The van der Waals surface area contributed by atoms with Crippen molar-refractivity contribution >= 4 is 6.08 Å². The van der Waals surface area contributed by atoms with Gasteiger partial charge in [0.2, 0.25) is 0 Å². The van der Waals surface area contributed by atoms with Gasteiger partial charge in [-0.3, -0.25) is 0 Å². The summed E-state index contributed by atoms with van der Waals surface area (Å²) >= 11 is 0. The van der Waals surface area contributed by atoms with Crippen molar-refractivity contribution in [3.05, 3.63) is 59.3 Å². The molecule has 3 heteroatoms. The predicted octanol–water partition coefficient (Wildman–Crippen LogP) is 1.97. The normalized spacial score (nSPS) is 14.0. The summed E-state index contributed by atoms with van der Waals surface area (Å²) in [5.41, 5.74) is 2.01. The van der Waals surface area contributed by atoms with E-state index in [0.29, 0.717) is 0 Å². The van der Waals surface area contributed by atoms with Gasteiger partial charge in [0.1, 0.15) is 11.1 Å². The molecule has 0 radical (unpaired) electrons. The number of hydrogen-bond donors (Lipinski definition) is 0. The van der Waals surface area contributed by atoms with Crippen LogP contribution in [0.3, 0.4) is 0 Å². The van der Waals surface area contributed by atoms with E-state index in [1.807, 2.05) is 48.6 Å². The molecular formula is C15H9NO2. The molecule has 2 aliphatic heterocycles. The van der Waals surface area contributed by atoms with Crippen LogP contribution in [0.1, 0.15) is 0 Å². The third-order valence-electron chi connectivity index (χ3n) is 3.11. The highest BCUT2D eigenvalue weighted by Gasteiger charge is 2.19. The first-order valence-electron chi connectivity index (χ1n) is 5.74. The smallest absolute Gasteiger partial charge is 0.166 e. The number of para-hydroxylation sites is 1. The summed E-state index contributed by atoms with van der Waals surface area (Å²) in [5.74, 6) is 1.60. The molecule has 0 fully saturated rings. The van der Waals surface area contributed by atoms with E-state index in [9.17, 15) is 0 Å². The van der Waals surface area contributed by atoms with Gasteiger partial charge < -0.3 is 9.57 Å².